The molecule has 0 spiro atoms. The van der Waals surface area contributed by atoms with Crippen LogP contribution in [0.2, 0.25) is 0 Å². The second-order valence-electron chi connectivity index (χ2n) is 6.99. The van der Waals surface area contributed by atoms with E-state index in [1.807, 2.05) is 31.2 Å². The smallest absolute Gasteiger partial charge is 0.157 e. The number of methoxy groups -OCH3 is 2. The Labute approximate surface area is 176 Å². The number of hydrogen-bond acceptors (Lipinski definition) is 5. The zero-order chi connectivity index (χ0) is 21.7. The summed E-state index contributed by atoms with van der Waals surface area (Å²) in [4.78, 5) is 11.3. The second kappa shape index (κ2) is 9.46. The van der Waals surface area contributed by atoms with Crippen LogP contribution in [0.5, 0.6) is 17.2 Å². The predicted octanol–water partition coefficient (Wildman–Crippen LogP) is 4.87. The number of carbonyl (C=O) groups excluding carboxylic acids is 1. The summed E-state index contributed by atoms with van der Waals surface area (Å²) in [7, 11) is 3.00. The molecule has 0 bridgehead atoms. The molecule has 30 heavy (non-hydrogen) atoms. The van der Waals surface area contributed by atoms with Gasteiger partial charge < -0.3 is 19.3 Å². The minimum absolute atomic E-state index is 0.0158. The van der Waals surface area contributed by atoms with E-state index in [4.69, 9.17) is 14.2 Å². The molecular formula is C25H26O5. The van der Waals surface area contributed by atoms with E-state index in [9.17, 15) is 9.90 Å². The van der Waals surface area contributed by atoms with Gasteiger partial charge in [0.25, 0.3) is 0 Å². The Hall–Kier alpha value is -3.31. The largest absolute Gasteiger partial charge is 0.496 e. The molecule has 5 heteroatoms. The molecule has 0 aliphatic carbocycles. The van der Waals surface area contributed by atoms with Crippen LogP contribution in [-0.2, 0) is 13.2 Å². The number of carbonyl (C=O) groups is 1. The van der Waals surface area contributed by atoms with Crippen LogP contribution in [0, 0.1) is 13.8 Å². The van der Waals surface area contributed by atoms with Gasteiger partial charge in [-0.1, -0.05) is 36.4 Å². The third-order valence-corrected chi connectivity index (χ3v) is 5.38. The Balaban J connectivity index is 1.91. The normalized spacial score (nSPS) is 10.6. The lowest BCUT2D eigenvalue weighted by Gasteiger charge is -2.17. The van der Waals surface area contributed by atoms with Gasteiger partial charge in [-0.3, -0.25) is 4.79 Å². The topological polar surface area (TPSA) is 65.0 Å². The molecule has 3 aromatic rings. The van der Waals surface area contributed by atoms with E-state index in [-0.39, 0.29) is 6.61 Å². The van der Waals surface area contributed by atoms with Crippen molar-refractivity contribution in [3.63, 3.8) is 0 Å². The SMILES string of the molecule is COc1cc(OCc2cccc(-c3cccc(CO)c3C)c2C)cc(OC)c1C=O. The zero-order valence-corrected chi connectivity index (χ0v) is 17.7. The van der Waals surface area contributed by atoms with Crippen LogP contribution in [-0.4, -0.2) is 25.6 Å². The molecule has 156 valence electrons. The van der Waals surface area contributed by atoms with E-state index in [0.29, 0.717) is 35.7 Å². The Morgan fingerprint density at radius 3 is 1.90 bits per heavy atom. The maximum absolute atomic E-state index is 11.3. The van der Waals surface area contributed by atoms with Gasteiger partial charge in [-0.15, -0.1) is 0 Å². The van der Waals surface area contributed by atoms with Gasteiger partial charge in [-0.25, -0.2) is 0 Å². The molecule has 0 saturated carbocycles. The maximum atomic E-state index is 11.3. The summed E-state index contributed by atoms with van der Waals surface area (Å²) in [6.45, 7) is 4.46. The Bertz CT molecular complexity index is 1030. The molecule has 0 aromatic heterocycles. The minimum Gasteiger partial charge on any atom is -0.496 e. The molecule has 3 rings (SSSR count). The summed E-state index contributed by atoms with van der Waals surface area (Å²) >= 11 is 0. The van der Waals surface area contributed by atoms with Crippen molar-refractivity contribution in [2.24, 2.45) is 0 Å². The molecule has 1 N–H and O–H groups in total. The number of hydrogen-bond donors (Lipinski definition) is 1. The van der Waals surface area contributed by atoms with Crippen LogP contribution < -0.4 is 14.2 Å². The van der Waals surface area contributed by atoms with Gasteiger partial charge in [0, 0.05) is 12.1 Å². The highest BCUT2D eigenvalue weighted by molar-refractivity contribution is 5.84. The van der Waals surface area contributed by atoms with Crippen LogP contribution in [0.15, 0.2) is 48.5 Å². The van der Waals surface area contributed by atoms with E-state index < -0.39 is 0 Å². The summed E-state index contributed by atoms with van der Waals surface area (Å²) in [6.07, 6.45) is 0.706. The van der Waals surface area contributed by atoms with Gasteiger partial charge in [0.1, 0.15) is 23.9 Å². The maximum Gasteiger partial charge on any atom is 0.157 e. The molecule has 0 amide bonds. The zero-order valence-electron chi connectivity index (χ0n) is 17.7. The summed E-state index contributed by atoms with van der Waals surface area (Å²) < 4.78 is 16.6. The van der Waals surface area contributed by atoms with Gasteiger partial charge in [0.2, 0.25) is 0 Å². The molecule has 0 atom stereocenters. The molecule has 0 aliphatic rings. The second-order valence-corrected chi connectivity index (χ2v) is 6.99. The lowest BCUT2D eigenvalue weighted by Crippen LogP contribution is -2.02. The van der Waals surface area contributed by atoms with Crippen molar-refractivity contribution in [1.29, 1.82) is 0 Å². The fourth-order valence-corrected chi connectivity index (χ4v) is 3.55. The van der Waals surface area contributed by atoms with Crippen molar-refractivity contribution in [3.8, 4) is 28.4 Å². The number of aliphatic hydroxyl groups is 1. The minimum atomic E-state index is 0.0158. The van der Waals surface area contributed by atoms with Crippen LogP contribution in [0.4, 0.5) is 0 Å². The first-order chi connectivity index (χ1) is 14.5. The first kappa shape index (κ1) is 21.4. The molecule has 3 aromatic carbocycles. The summed E-state index contributed by atoms with van der Waals surface area (Å²) in [6, 6.07) is 15.4. The fraction of sp³-hybridized carbons (Fsp3) is 0.240. The Morgan fingerprint density at radius 1 is 0.867 bits per heavy atom. The highest BCUT2D eigenvalue weighted by atomic mass is 16.5. The third kappa shape index (κ3) is 4.16. The molecule has 0 fully saturated rings. The molecule has 0 radical (unpaired) electrons. The summed E-state index contributed by atoms with van der Waals surface area (Å²) in [5.74, 6) is 1.36. The van der Waals surface area contributed by atoms with E-state index in [1.165, 1.54) is 14.2 Å². The third-order valence-electron chi connectivity index (χ3n) is 5.38. The Kier molecular flexibility index (Phi) is 6.75. The number of aldehydes is 1. The standard InChI is InChI=1S/C25H26O5/c1-16-18(13-26)7-5-9-21(16)22-10-6-8-19(17(22)2)15-30-20-11-24(28-3)23(14-27)25(12-20)29-4/h5-12,14,26H,13,15H2,1-4H3. The molecule has 5 nitrogen and oxygen atoms in total. The highest BCUT2D eigenvalue weighted by Crippen LogP contribution is 2.34. The lowest BCUT2D eigenvalue weighted by atomic mass is 9.92. The van der Waals surface area contributed by atoms with E-state index >= 15 is 0 Å². The van der Waals surface area contributed by atoms with E-state index in [2.05, 4.69) is 19.1 Å². The van der Waals surface area contributed by atoms with Crippen LogP contribution in [0.25, 0.3) is 11.1 Å². The van der Waals surface area contributed by atoms with Crippen molar-refractivity contribution in [3.05, 3.63) is 76.3 Å². The first-order valence-electron chi connectivity index (χ1n) is 9.66. The monoisotopic (exact) mass is 406 g/mol. The molecular weight excluding hydrogens is 380 g/mol. The summed E-state index contributed by atoms with van der Waals surface area (Å²) in [5, 5.41) is 9.58. The lowest BCUT2D eigenvalue weighted by molar-refractivity contribution is 0.111. The van der Waals surface area contributed by atoms with Gasteiger partial charge in [-0.05, 0) is 47.2 Å². The number of ether oxygens (including phenoxy) is 3. The molecule has 0 aliphatic heterocycles. The quantitative estimate of drug-likeness (QED) is 0.541. The van der Waals surface area contributed by atoms with Crippen LogP contribution >= 0.6 is 0 Å². The molecule has 0 saturated heterocycles. The van der Waals surface area contributed by atoms with Crippen molar-refractivity contribution >= 4 is 6.29 Å². The Morgan fingerprint density at radius 2 is 1.40 bits per heavy atom. The molecule has 0 heterocycles. The van der Waals surface area contributed by atoms with Crippen molar-refractivity contribution < 1.29 is 24.1 Å². The fourth-order valence-electron chi connectivity index (χ4n) is 3.55. The molecule has 0 unspecified atom stereocenters. The first-order valence-corrected chi connectivity index (χ1v) is 9.66. The van der Waals surface area contributed by atoms with Crippen molar-refractivity contribution in [2.75, 3.05) is 14.2 Å². The summed E-state index contributed by atoms with van der Waals surface area (Å²) in [5.41, 5.74) is 6.70. The number of aliphatic hydroxyl groups excluding tert-OH is 1. The van der Waals surface area contributed by atoms with E-state index in [1.54, 1.807) is 12.1 Å². The van der Waals surface area contributed by atoms with Crippen LogP contribution in [0.1, 0.15) is 32.6 Å². The van der Waals surface area contributed by atoms with E-state index in [0.717, 1.165) is 33.4 Å². The van der Waals surface area contributed by atoms with Crippen LogP contribution in [0.3, 0.4) is 0 Å². The highest BCUT2D eigenvalue weighted by Gasteiger charge is 2.14. The predicted molar refractivity (Wildman–Crippen MR) is 117 cm³/mol. The van der Waals surface area contributed by atoms with Gasteiger partial charge in [0.15, 0.2) is 6.29 Å². The van der Waals surface area contributed by atoms with Gasteiger partial charge >= 0.3 is 0 Å². The number of rotatable bonds is 8. The van der Waals surface area contributed by atoms with Crippen molar-refractivity contribution in [1.82, 2.24) is 0 Å². The number of benzene rings is 3. The average molecular weight is 406 g/mol. The average Bonchev–Trinajstić information content (AvgIpc) is 2.78. The van der Waals surface area contributed by atoms with Gasteiger partial charge in [0.05, 0.1) is 26.4 Å². The van der Waals surface area contributed by atoms with Gasteiger partial charge in [-0.2, -0.15) is 0 Å². The van der Waals surface area contributed by atoms with Crippen molar-refractivity contribution in [2.45, 2.75) is 27.1 Å².